The van der Waals surface area contributed by atoms with E-state index in [0.29, 0.717) is 0 Å². The van der Waals surface area contributed by atoms with Gasteiger partial charge in [0.05, 0.1) is 5.56 Å². The molecule has 4 heteroatoms. The zero-order chi connectivity index (χ0) is 14.8. The molecule has 1 aromatic rings. The number of likely N-dealkylation sites (tertiary alicyclic amines) is 2. The van der Waals surface area contributed by atoms with Crippen LogP contribution in [0.1, 0.15) is 30.4 Å². The summed E-state index contributed by atoms with van der Waals surface area (Å²) in [7, 11) is 2.24. The van der Waals surface area contributed by atoms with Crippen molar-refractivity contribution in [3.05, 3.63) is 35.1 Å². The number of piperidine rings is 2. The van der Waals surface area contributed by atoms with E-state index in [9.17, 15) is 4.39 Å². The van der Waals surface area contributed by atoms with Crippen LogP contribution in [0.15, 0.2) is 18.2 Å². The van der Waals surface area contributed by atoms with Crippen LogP contribution in [-0.2, 0) is 6.54 Å². The van der Waals surface area contributed by atoms with Gasteiger partial charge in [-0.15, -0.1) is 0 Å². The van der Waals surface area contributed by atoms with E-state index in [2.05, 4.69) is 16.8 Å². The Morgan fingerprint density at radius 3 is 3.00 bits per heavy atom. The van der Waals surface area contributed by atoms with Crippen LogP contribution in [0.5, 0.6) is 0 Å². The first-order chi connectivity index (χ1) is 10.2. The summed E-state index contributed by atoms with van der Waals surface area (Å²) in [5.41, 5.74) is 1.19. The van der Waals surface area contributed by atoms with Crippen LogP contribution in [0, 0.1) is 23.1 Å². The Bertz CT molecular complexity index is 551. The maximum atomic E-state index is 13.4. The van der Waals surface area contributed by atoms with Crippen molar-refractivity contribution in [2.75, 3.05) is 26.7 Å². The van der Waals surface area contributed by atoms with Gasteiger partial charge in [0.2, 0.25) is 0 Å². The molecule has 112 valence electrons. The highest BCUT2D eigenvalue weighted by molar-refractivity contribution is 5.34. The van der Waals surface area contributed by atoms with E-state index in [4.69, 9.17) is 5.26 Å². The molecule has 0 aliphatic carbocycles. The summed E-state index contributed by atoms with van der Waals surface area (Å²) >= 11 is 0. The van der Waals surface area contributed by atoms with Crippen molar-refractivity contribution >= 4 is 0 Å². The van der Waals surface area contributed by atoms with Crippen molar-refractivity contribution in [3.63, 3.8) is 0 Å². The van der Waals surface area contributed by atoms with Crippen LogP contribution in [0.25, 0.3) is 0 Å². The summed E-state index contributed by atoms with van der Waals surface area (Å²) in [5, 5.41) is 8.92. The number of hydrogen-bond donors (Lipinski definition) is 0. The lowest BCUT2D eigenvalue weighted by Gasteiger charge is -2.46. The molecular formula is C17H22FN3. The number of rotatable bonds is 2. The predicted octanol–water partition coefficient (Wildman–Crippen LogP) is 2.61. The van der Waals surface area contributed by atoms with Crippen LogP contribution in [0.3, 0.4) is 0 Å². The van der Waals surface area contributed by atoms with Gasteiger partial charge in [-0.1, -0.05) is 6.07 Å². The first-order valence-electron chi connectivity index (χ1n) is 7.78. The Morgan fingerprint density at radius 2 is 2.19 bits per heavy atom. The topological polar surface area (TPSA) is 30.3 Å². The molecule has 2 unspecified atom stereocenters. The van der Waals surface area contributed by atoms with Crippen molar-refractivity contribution in [1.29, 1.82) is 5.26 Å². The van der Waals surface area contributed by atoms with E-state index in [1.807, 2.05) is 6.07 Å². The molecule has 2 aliphatic heterocycles. The molecule has 0 N–H and O–H groups in total. The monoisotopic (exact) mass is 287 g/mol. The van der Waals surface area contributed by atoms with Crippen molar-refractivity contribution < 1.29 is 4.39 Å². The molecule has 0 saturated carbocycles. The SMILES string of the molecule is CN1CCCC2CN(Cc3ccc(F)c(C#N)c3)CCC21. The predicted molar refractivity (Wildman–Crippen MR) is 80.2 cm³/mol. The van der Waals surface area contributed by atoms with E-state index in [1.54, 1.807) is 12.1 Å². The average Bonchev–Trinajstić information content (AvgIpc) is 2.49. The largest absolute Gasteiger partial charge is 0.303 e. The Morgan fingerprint density at radius 1 is 1.33 bits per heavy atom. The van der Waals surface area contributed by atoms with Crippen LogP contribution in [-0.4, -0.2) is 42.5 Å². The van der Waals surface area contributed by atoms with Crippen LogP contribution >= 0.6 is 0 Å². The smallest absolute Gasteiger partial charge is 0.140 e. The van der Waals surface area contributed by atoms with E-state index in [-0.39, 0.29) is 5.56 Å². The zero-order valence-corrected chi connectivity index (χ0v) is 12.6. The van der Waals surface area contributed by atoms with Crippen LogP contribution in [0.4, 0.5) is 4.39 Å². The highest BCUT2D eigenvalue weighted by Crippen LogP contribution is 2.30. The molecule has 0 amide bonds. The van der Waals surface area contributed by atoms with E-state index in [0.717, 1.165) is 37.2 Å². The summed E-state index contributed by atoms with van der Waals surface area (Å²) in [5.74, 6) is 0.335. The quantitative estimate of drug-likeness (QED) is 0.837. The van der Waals surface area contributed by atoms with Gasteiger partial charge in [-0.05, 0) is 63.0 Å². The third-order valence-electron chi connectivity index (χ3n) is 4.99. The lowest BCUT2D eigenvalue weighted by atomic mass is 9.84. The summed E-state index contributed by atoms with van der Waals surface area (Å²) in [6.45, 7) is 4.26. The molecule has 0 bridgehead atoms. The molecule has 0 aromatic heterocycles. The van der Waals surface area contributed by atoms with Gasteiger partial charge >= 0.3 is 0 Å². The maximum absolute atomic E-state index is 13.4. The molecule has 3 rings (SSSR count). The van der Waals surface area contributed by atoms with Crippen LogP contribution < -0.4 is 0 Å². The van der Waals surface area contributed by atoms with Gasteiger partial charge < -0.3 is 4.90 Å². The average molecular weight is 287 g/mol. The highest BCUT2D eigenvalue weighted by Gasteiger charge is 2.33. The minimum atomic E-state index is -0.422. The second-order valence-corrected chi connectivity index (χ2v) is 6.40. The van der Waals surface area contributed by atoms with E-state index >= 15 is 0 Å². The van der Waals surface area contributed by atoms with Gasteiger partial charge in [0.1, 0.15) is 11.9 Å². The Balaban J connectivity index is 1.65. The van der Waals surface area contributed by atoms with Crippen molar-refractivity contribution in [2.45, 2.75) is 31.8 Å². The maximum Gasteiger partial charge on any atom is 0.140 e. The molecule has 1 aromatic carbocycles. The van der Waals surface area contributed by atoms with Crippen LogP contribution in [0.2, 0.25) is 0 Å². The Hall–Kier alpha value is -1.44. The van der Waals surface area contributed by atoms with E-state index in [1.165, 1.54) is 31.9 Å². The molecular weight excluding hydrogens is 265 g/mol. The fraction of sp³-hybridized carbons (Fsp3) is 0.588. The molecule has 2 atom stereocenters. The molecule has 0 spiro atoms. The lowest BCUT2D eigenvalue weighted by molar-refractivity contribution is 0.0355. The molecule has 0 radical (unpaired) electrons. The van der Waals surface area contributed by atoms with Crippen molar-refractivity contribution in [3.8, 4) is 6.07 Å². The lowest BCUT2D eigenvalue weighted by Crippen LogP contribution is -2.52. The van der Waals surface area contributed by atoms with Crippen molar-refractivity contribution in [2.24, 2.45) is 5.92 Å². The summed E-state index contributed by atoms with van der Waals surface area (Å²) < 4.78 is 13.4. The standard InChI is InChI=1S/C17H22FN3/c1-20-7-2-3-14-12-21(8-6-17(14)20)11-13-4-5-16(18)15(9-13)10-19/h4-5,9,14,17H,2-3,6-8,11-12H2,1H3. The Labute approximate surface area is 126 Å². The van der Waals surface area contributed by atoms with Crippen molar-refractivity contribution in [1.82, 2.24) is 9.80 Å². The molecule has 2 fully saturated rings. The first-order valence-corrected chi connectivity index (χ1v) is 7.78. The molecule has 2 aliphatic rings. The zero-order valence-electron chi connectivity index (χ0n) is 12.6. The number of fused-ring (bicyclic) bond motifs is 1. The third-order valence-corrected chi connectivity index (χ3v) is 4.99. The molecule has 3 nitrogen and oxygen atoms in total. The number of benzene rings is 1. The molecule has 2 heterocycles. The third kappa shape index (κ3) is 3.09. The summed E-state index contributed by atoms with van der Waals surface area (Å²) in [4.78, 5) is 4.96. The van der Waals surface area contributed by atoms with Gasteiger partial charge in [-0.3, -0.25) is 4.90 Å². The number of nitriles is 1. The fourth-order valence-electron chi connectivity index (χ4n) is 3.89. The van der Waals surface area contributed by atoms with Gasteiger partial charge in [0, 0.05) is 19.1 Å². The minimum Gasteiger partial charge on any atom is -0.303 e. The van der Waals surface area contributed by atoms with Gasteiger partial charge in [0.15, 0.2) is 0 Å². The number of hydrogen-bond acceptors (Lipinski definition) is 3. The number of halogens is 1. The first kappa shape index (κ1) is 14.5. The fourth-order valence-corrected chi connectivity index (χ4v) is 3.89. The second kappa shape index (κ2) is 6.13. The number of nitrogens with zero attached hydrogens (tertiary/aromatic N) is 3. The molecule has 21 heavy (non-hydrogen) atoms. The Kier molecular flexibility index (Phi) is 4.23. The minimum absolute atomic E-state index is 0.153. The normalized spacial score (nSPS) is 27.1. The second-order valence-electron chi connectivity index (χ2n) is 6.40. The summed E-state index contributed by atoms with van der Waals surface area (Å²) in [6.07, 6.45) is 3.83. The van der Waals surface area contributed by atoms with Gasteiger partial charge in [-0.25, -0.2) is 4.39 Å². The van der Waals surface area contributed by atoms with Gasteiger partial charge in [0.25, 0.3) is 0 Å². The van der Waals surface area contributed by atoms with Gasteiger partial charge in [-0.2, -0.15) is 5.26 Å². The van der Waals surface area contributed by atoms with E-state index < -0.39 is 5.82 Å². The summed E-state index contributed by atoms with van der Waals surface area (Å²) in [6, 6.07) is 7.56. The molecule has 2 saturated heterocycles. The highest BCUT2D eigenvalue weighted by atomic mass is 19.1.